The average Bonchev–Trinajstić information content (AvgIpc) is 2.83. The van der Waals surface area contributed by atoms with E-state index in [1.807, 2.05) is 0 Å². The highest BCUT2D eigenvalue weighted by Crippen LogP contribution is 2.28. The normalized spacial score (nSPS) is 10.6. The van der Waals surface area contributed by atoms with Crippen LogP contribution in [0.25, 0.3) is 21.5 Å². The van der Waals surface area contributed by atoms with Gasteiger partial charge in [0.1, 0.15) is 11.5 Å². The number of ether oxygens (including phenoxy) is 2. The molecule has 1 amide bonds. The highest BCUT2D eigenvalue weighted by Gasteiger charge is 2.06. The second-order valence-electron chi connectivity index (χ2n) is 7.92. The molecule has 4 rings (SSSR count). The van der Waals surface area contributed by atoms with E-state index in [0.29, 0.717) is 32.8 Å². The van der Waals surface area contributed by atoms with Gasteiger partial charge in [-0.2, -0.15) is 0 Å². The Bertz CT molecular complexity index is 1130. The summed E-state index contributed by atoms with van der Waals surface area (Å²) in [6.45, 7) is 2.24. The third-order valence-electron chi connectivity index (χ3n) is 5.35. The highest BCUT2D eigenvalue weighted by molar-refractivity contribution is 6.02. The highest BCUT2D eigenvalue weighted by atomic mass is 16.5. The Balaban J connectivity index is 0.000000191. The largest absolute Gasteiger partial charge is 0.508 e. The molecular formula is C28H31NO5. The molecule has 0 atom stereocenters. The number of aromatic hydroxyl groups is 2. The number of benzene rings is 4. The maximum Gasteiger partial charge on any atom is 0.207 e. The molecule has 0 heterocycles. The van der Waals surface area contributed by atoms with Crippen LogP contribution < -0.4 is 5.32 Å². The standard InChI is InChI=1S/C16H14O.C12H17NO4/c1-17-11-16-14-8-4-2-6-12(14)10-13-7-3-5-9-15(13)16;14-9-13-3-1-2-4-17-8-10-5-11(15)7-12(16)6-10/h2-10H,11H2,1H3;5-7,9,15-16H,1-4,8H2,(H,13,14). The van der Waals surface area contributed by atoms with Crippen LogP contribution in [0.2, 0.25) is 0 Å². The molecule has 0 radical (unpaired) electrons. The Hall–Kier alpha value is -3.61. The van der Waals surface area contributed by atoms with Gasteiger partial charge >= 0.3 is 0 Å². The van der Waals surface area contributed by atoms with Crippen LogP contribution in [0.1, 0.15) is 24.0 Å². The van der Waals surface area contributed by atoms with Crippen LogP contribution in [0.5, 0.6) is 11.5 Å². The zero-order valence-electron chi connectivity index (χ0n) is 19.4. The lowest BCUT2D eigenvalue weighted by Gasteiger charge is -2.10. The molecule has 0 bridgehead atoms. The zero-order chi connectivity index (χ0) is 24.2. The minimum Gasteiger partial charge on any atom is -0.508 e. The van der Waals surface area contributed by atoms with Crippen molar-refractivity contribution in [1.82, 2.24) is 5.32 Å². The first-order valence-electron chi connectivity index (χ1n) is 11.3. The summed E-state index contributed by atoms with van der Waals surface area (Å²) in [4.78, 5) is 9.95. The van der Waals surface area contributed by atoms with Gasteiger partial charge in [0.05, 0.1) is 13.2 Å². The number of nitrogens with one attached hydrogen (secondary N) is 1. The second kappa shape index (κ2) is 13.2. The van der Waals surface area contributed by atoms with Crippen molar-refractivity contribution in [3.8, 4) is 11.5 Å². The Labute approximate surface area is 199 Å². The van der Waals surface area contributed by atoms with Crippen molar-refractivity contribution in [3.63, 3.8) is 0 Å². The van der Waals surface area contributed by atoms with E-state index in [1.54, 1.807) is 19.2 Å². The van der Waals surface area contributed by atoms with Gasteiger partial charge in [-0.3, -0.25) is 4.79 Å². The Kier molecular flexibility index (Phi) is 9.70. The van der Waals surface area contributed by atoms with E-state index >= 15 is 0 Å². The van der Waals surface area contributed by atoms with Gasteiger partial charge in [0.2, 0.25) is 6.41 Å². The lowest BCUT2D eigenvalue weighted by atomic mass is 9.97. The van der Waals surface area contributed by atoms with Crippen LogP contribution in [-0.2, 0) is 27.5 Å². The van der Waals surface area contributed by atoms with Crippen molar-refractivity contribution in [2.75, 3.05) is 20.3 Å². The fourth-order valence-electron chi connectivity index (χ4n) is 3.83. The lowest BCUT2D eigenvalue weighted by molar-refractivity contribution is -0.109. The number of phenolic OH excluding ortho intramolecular Hbond substituents is 2. The maximum atomic E-state index is 9.95. The molecule has 34 heavy (non-hydrogen) atoms. The van der Waals surface area contributed by atoms with Crippen molar-refractivity contribution < 1.29 is 24.5 Å². The van der Waals surface area contributed by atoms with Gasteiger partial charge in [-0.05, 0) is 63.7 Å². The fraction of sp³-hybridized carbons (Fsp3) is 0.250. The summed E-state index contributed by atoms with van der Waals surface area (Å²) in [5, 5.41) is 26.2. The van der Waals surface area contributed by atoms with E-state index in [-0.39, 0.29) is 11.5 Å². The van der Waals surface area contributed by atoms with Crippen LogP contribution in [0, 0.1) is 0 Å². The molecule has 0 aliphatic rings. The van der Waals surface area contributed by atoms with E-state index in [1.165, 1.54) is 33.2 Å². The van der Waals surface area contributed by atoms with Crippen LogP contribution >= 0.6 is 0 Å². The summed E-state index contributed by atoms with van der Waals surface area (Å²) in [7, 11) is 1.75. The minimum atomic E-state index is 0.0267. The Morgan fingerprint density at radius 1 is 0.824 bits per heavy atom. The first-order valence-corrected chi connectivity index (χ1v) is 11.3. The summed E-state index contributed by atoms with van der Waals surface area (Å²) in [5.74, 6) is 0.0533. The molecule has 0 aliphatic heterocycles. The molecule has 0 unspecified atom stereocenters. The quantitative estimate of drug-likeness (QED) is 0.170. The number of unbranched alkanes of at least 4 members (excludes halogenated alkanes) is 1. The van der Waals surface area contributed by atoms with Gasteiger partial charge in [0.15, 0.2) is 0 Å². The minimum absolute atomic E-state index is 0.0267. The number of rotatable bonds is 10. The number of amides is 1. The predicted octanol–water partition coefficient (Wildman–Crippen LogP) is 5.28. The third-order valence-corrected chi connectivity index (χ3v) is 5.35. The molecule has 178 valence electrons. The summed E-state index contributed by atoms with van der Waals surface area (Å²) < 4.78 is 10.7. The first kappa shape index (κ1) is 25.0. The van der Waals surface area contributed by atoms with Crippen LogP contribution in [0.3, 0.4) is 0 Å². The SMILES string of the molecule is COCc1c2ccccc2cc2ccccc12.O=CNCCCCOCc1cc(O)cc(O)c1. The average molecular weight is 462 g/mol. The van der Waals surface area contributed by atoms with Gasteiger partial charge in [0, 0.05) is 26.3 Å². The summed E-state index contributed by atoms with van der Waals surface area (Å²) in [5.41, 5.74) is 2.01. The van der Waals surface area contributed by atoms with Gasteiger partial charge in [-0.25, -0.2) is 0 Å². The summed E-state index contributed by atoms with van der Waals surface area (Å²) >= 11 is 0. The smallest absolute Gasteiger partial charge is 0.207 e. The number of carbonyl (C=O) groups is 1. The molecule has 6 nitrogen and oxygen atoms in total. The van der Waals surface area contributed by atoms with Crippen molar-refractivity contribution in [2.45, 2.75) is 26.1 Å². The van der Waals surface area contributed by atoms with Gasteiger partial charge in [-0.15, -0.1) is 0 Å². The molecule has 0 fully saturated rings. The molecule has 0 aliphatic carbocycles. The van der Waals surface area contributed by atoms with Gasteiger partial charge in [0.25, 0.3) is 0 Å². The van der Waals surface area contributed by atoms with E-state index < -0.39 is 0 Å². The fourth-order valence-corrected chi connectivity index (χ4v) is 3.83. The number of hydrogen-bond donors (Lipinski definition) is 3. The molecule has 0 saturated carbocycles. The van der Waals surface area contributed by atoms with E-state index in [0.717, 1.165) is 18.4 Å². The summed E-state index contributed by atoms with van der Waals surface area (Å²) in [6, 6.07) is 23.6. The molecule has 4 aromatic carbocycles. The Morgan fingerprint density at radius 2 is 1.44 bits per heavy atom. The molecule has 6 heteroatoms. The van der Waals surface area contributed by atoms with Gasteiger partial charge in [-0.1, -0.05) is 48.5 Å². The maximum absolute atomic E-state index is 9.95. The molecule has 0 spiro atoms. The van der Waals surface area contributed by atoms with Crippen LogP contribution in [0.15, 0.2) is 72.8 Å². The van der Waals surface area contributed by atoms with E-state index in [9.17, 15) is 15.0 Å². The molecule has 4 aromatic rings. The molecule has 0 saturated heterocycles. The number of methoxy groups -OCH3 is 1. The first-order chi connectivity index (χ1) is 16.6. The topological polar surface area (TPSA) is 88.0 Å². The molecule has 0 aromatic heterocycles. The number of fused-ring (bicyclic) bond motifs is 2. The summed E-state index contributed by atoms with van der Waals surface area (Å²) in [6.07, 6.45) is 2.39. The number of phenols is 2. The van der Waals surface area contributed by atoms with E-state index in [4.69, 9.17) is 9.47 Å². The predicted molar refractivity (Wildman–Crippen MR) is 135 cm³/mol. The van der Waals surface area contributed by atoms with Crippen LogP contribution in [-0.4, -0.2) is 36.9 Å². The van der Waals surface area contributed by atoms with E-state index in [2.05, 4.69) is 59.9 Å². The van der Waals surface area contributed by atoms with Crippen molar-refractivity contribution in [2.24, 2.45) is 0 Å². The van der Waals surface area contributed by atoms with Crippen LogP contribution in [0.4, 0.5) is 0 Å². The van der Waals surface area contributed by atoms with Crippen molar-refractivity contribution >= 4 is 28.0 Å². The zero-order valence-corrected chi connectivity index (χ0v) is 19.4. The molecule has 3 N–H and O–H groups in total. The number of carbonyl (C=O) groups excluding carboxylic acids is 1. The lowest BCUT2D eigenvalue weighted by Crippen LogP contribution is -2.12. The van der Waals surface area contributed by atoms with Gasteiger partial charge < -0.3 is 25.0 Å². The van der Waals surface area contributed by atoms with Crippen molar-refractivity contribution in [1.29, 1.82) is 0 Å². The second-order valence-corrected chi connectivity index (χ2v) is 7.92. The van der Waals surface area contributed by atoms with Crippen molar-refractivity contribution in [3.05, 3.63) is 83.9 Å². The molecular weight excluding hydrogens is 430 g/mol. The monoisotopic (exact) mass is 461 g/mol. The Morgan fingerprint density at radius 3 is 2.03 bits per heavy atom. The number of hydrogen-bond acceptors (Lipinski definition) is 5. The third kappa shape index (κ3) is 7.20.